The van der Waals surface area contributed by atoms with Crippen LogP contribution >= 0.6 is 11.6 Å². The highest BCUT2D eigenvalue weighted by Gasteiger charge is 2.30. The van der Waals surface area contributed by atoms with Gasteiger partial charge in [0.1, 0.15) is 0 Å². The van der Waals surface area contributed by atoms with E-state index in [0.717, 1.165) is 25.9 Å². The van der Waals surface area contributed by atoms with Crippen LogP contribution in [-0.4, -0.2) is 48.9 Å². The molecule has 0 radical (unpaired) electrons. The Hall–Kier alpha value is -1.26. The van der Waals surface area contributed by atoms with Crippen molar-refractivity contribution >= 4 is 23.2 Å². The van der Waals surface area contributed by atoms with Gasteiger partial charge in [-0.25, -0.2) is 0 Å². The molecule has 1 heterocycles. The summed E-state index contributed by atoms with van der Waals surface area (Å²) in [5.74, 6) is -0.00986. The van der Waals surface area contributed by atoms with Crippen LogP contribution in [0.15, 0.2) is 18.2 Å². The summed E-state index contributed by atoms with van der Waals surface area (Å²) in [5.41, 5.74) is 6.89. The van der Waals surface area contributed by atoms with Gasteiger partial charge in [0.15, 0.2) is 0 Å². The van der Waals surface area contributed by atoms with Gasteiger partial charge in [-0.1, -0.05) is 11.6 Å². The fraction of sp³-hybridized carbons (Fsp3) is 0.500. The molecule has 104 valence electrons. The average molecular weight is 282 g/mol. The number of nitrogens with zero attached hydrogens (tertiary/aromatic N) is 2. The number of nitrogens with two attached hydrogens (primary N) is 1. The highest BCUT2D eigenvalue weighted by Crippen LogP contribution is 2.25. The molecule has 2 rings (SSSR count). The smallest absolute Gasteiger partial charge is 0.256 e. The third kappa shape index (κ3) is 3.19. The molecule has 19 heavy (non-hydrogen) atoms. The van der Waals surface area contributed by atoms with Crippen molar-refractivity contribution in [3.05, 3.63) is 28.8 Å². The van der Waals surface area contributed by atoms with Gasteiger partial charge in [-0.3, -0.25) is 4.79 Å². The molecular formula is C14H20ClN3O. The molecule has 1 aromatic carbocycles. The number of amides is 1. The summed E-state index contributed by atoms with van der Waals surface area (Å²) >= 11 is 5.95. The van der Waals surface area contributed by atoms with E-state index in [-0.39, 0.29) is 11.9 Å². The summed E-state index contributed by atoms with van der Waals surface area (Å²) in [5, 5.41) is 0.543. The van der Waals surface area contributed by atoms with Gasteiger partial charge in [-0.15, -0.1) is 0 Å². The number of hydrogen-bond acceptors (Lipinski definition) is 3. The minimum atomic E-state index is -0.00986. The SMILES string of the molecule is CN(C)CC1CCCN1C(=O)c1cc(Cl)ccc1N. The molecule has 2 N–H and O–H groups in total. The lowest BCUT2D eigenvalue weighted by molar-refractivity contribution is 0.0717. The van der Waals surface area contributed by atoms with E-state index in [2.05, 4.69) is 4.90 Å². The Bertz CT molecular complexity index is 476. The summed E-state index contributed by atoms with van der Waals surface area (Å²) < 4.78 is 0. The number of benzene rings is 1. The molecule has 0 aliphatic carbocycles. The molecule has 1 aliphatic heterocycles. The Morgan fingerprint density at radius 3 is 2.95 bits per heavy atom. The third-order valence-electron chi connectivity index (χ3n) is 3.46. The molecule has 0 bridgehead atoms. The van der Waals surface area contributed by atoms with Crippen LogP contribution in [0.25, 0.3) is 0 Å². The monoisotopic (exact) mass is 281 g/mol. The van der Waals surface area contributed by atoms with Crippen LogP contribution in [0.3, 0.4) is 0 Å². The molecule has 1 amide bonds. The van der Waals surface area contributed by atoms with E-state index >= 15 is 0 Å². The summed E-state index contributed by atoms with van der Waals surface area (Å²) in [6.45, 7) is 1.68. The summed E-state index contributed by atoms with van der Waals surface area (Å²) in [6, 6.07) is 5.31. The number of rotatable bonds is 3. The van der Waals surface area contributed by atoms with Crippen LogP contribution in [-0.2, 0) is 0 Å². The number of halogens is 1. The zero-order valence-corrected chi connectivity index (χ0v) is 12.2. The molecule has 1 aromatic rings. The first-order valence-electron chi connectivity index (χ1n) is 6.50. The highest BCUT2D eigenvalue weighted by molar-refractivity contribution is 6.31. The van der Waals surface area contributed by atoms with E-state index in [0.29, 0.717) is 16.3 Å². The molecule has 1 atom stereocenters. The molecule has 0 aromatic heterocycles. The zero-order valence-electron chi connectivity index (χ0n) is 11.4. The predicted octanol–water partition coefficient (Wildman–Crippen LogP) is 2.09. The quantitative estimate of drug-likeness (QED) is 0.863. The van der Waals surface area contributed by atoms with Gasteiger partial charge in [0.05, 0.1) is 5.56 Å². The molecule has 5 heteroatoms. The maximum atomic E-state index is 12.6. The topological polar surface area (TPSA) is 49.6 Å². The van der Waals surface area contributed by atoms with Crippen molar-refractivity contribution in [3.8, 4) is 0 Å². The summed E-state index contributed by atoms with van der Waals surface area (Å²) in [7, 11) is 4.05. The minimum absolute atomic E-state index is 0.00986. The van der Waals surface area contributed by atoms with E-state index in [1.807, 2.05) is 19.0 Å². The molecule has 4 nitrogen and oxygen atoms in total. The summed E-state index contributed by atoms with van der Waals surface area (Å²) in [6.07, 6.45) is 2.09. The third-order valence-corrected chi connectivity index (χ3v) is 3.69. The lowest BCUT2D eigenvalue weighted by atomic mass is 10.1. The maximum absolute atomic E-state index is 12.6. The minimum Gasteiger partial charge on any atom is -0.398 e. The number of carbonyl (C=O) groups excluding carboxylic acids is 1. The Morgan fingerprint density at radius 2 is 2.26 bits per heavy atom. The summed E-state index contributed by atoms with van der Waals surface area (Å²) in [4.78, 5) is 16.6. The predicted molar refractivity (Wildman–Crippen MR) is 78.5 cm³/mol. The van der Waals surface area contributed by atoms with Crippen molar-refractivity contribution in [2.24, 2.45) is 0 Å². The van der Waals surface area contributed by atoms with E-state index in [9.17, 15) is 4.79 Å². The van der Waals surface area contributed by atoms with E-state index < -0.39 is 0 Å². The van der Waals surface area contributed by atoms with Crippen LogP contribution in [0.5, 0.6) is 0 Å². The first-order chi connectivity index (χ1) is 8.99. The van der Waals surface area contributed by atoms with Gasteiger partial charge in [0.25, 0.3) is 5.91 Å². The zero-order chi connectivity index (χ0) is 14.0. The number of likely N-dealkylation sites (N-methyl/N-ethyl adjacent to an activating group) is 1. The lowest BCUT2D eigenvalue weighted by Gasteiger charge is -2.27. The molecule has 1 saturated heterocycles. The standard InChI is InChI=1S/C14H20ClN3O/c1-17(2)9-11-4-3-7-18(11)14(19)12-8-10(15)5-6-13(12)16/h5-6,8,11H,3-4,7,9,16H2,1-2H3. The van der Waals surface area contributed by atoms with Crippen molar-refractivity contribution in [1.82, 2.24) is 9.80 Å². The molecular weight excluding hydrogens is 262 g/mol. The number of hydrogen-bond donors (Lipinski definition) is 1. The maximum Gasteiger partial charge on any atom is 0.256 e. The molecule has 0 spiro atoms. The van der Waals surface area contributed by atoms with Gasteiger partial charge in [0.2, 0.25) is 0 Å². The van der Waals surface area contributed by atoms with E-state index in [4.69, 9.17) is 17.3 Å². The van der Waals surface area contributed by atoms with Gasteiger partial charge >= 0.3 is 0 Å². The van der Waals surface area contributed by atoms with Crippen LogP contribution < -0.4 is 5.73 Å². The Labute approximate surface area is 119 Å². The second kappa shape index (κ2) is 5.80. The van der Waals surface area contributed by atoms with Gasteiger partial charge in [-0.05, 0) is 45.1 Å². The largest absolute Gasteiger partial charge is 0.398 e. The van der Waals surface area contributed by atoms with E-state index in [1.54, 1.807) is 18.2 Å². The molecule has 1 fully saturated rings. The Kier molecular flexibility index (Phi) is 4.32. The lowest BCUT2D eigenvalue weighted by Crippen LogP contribution is -2.41. The van der Waals surface area contributed by atoms with Crippen LogP contribution in [0.2, 0.25) is 5.02 Å². The Balaban J connectivity index is 2.20. The fourth-order valence-corrected chi connectivity index (χ4v) is 2.75. The molecule has 1 unspecified atom stereocenters. The normalized spacial score (nSPS) is 19.2. The number of likely N-dealkylation sites (tertiary alicyclic amines) is 1. The van der Waals surface area contributed by atoms with Crippen molar-refractivity contribution in [2.45, 2.75) is 18.9 Å². The number of carbonyl (C=O) groups is 1. The second-order valence-corrected chi connectivity index (χ2v) is 5.72. The van der Waals surface area contributed by atoms with Crippen LogP contribution in [0, 0.1) is 0 Å². The van der Waals surface area contributed by atoms with Crippen molar-refractivity contribution in [3.63, 3.8) is 0 Å². The average Bonchev–Trinajstić information content (AvgIpc) is 2.78. The number of anilines is 1. The highest BCUT2D eigenvalue weighted by atomic mass is 35.5. The van der Waals surface area contributed by atoms with Gasteiger partial charge < -0.3 is 15.5 Å². The fourth-order valence-electron chi connectivity index (χ4n) is 2.58. The van der Waals surface area contributed by atoms with Crippen molar-refractivity contribution in [1.29, 1.82) is 0 Å². The Morgan fingerprint density at radius 1 is 1.53 bits per heavy atom. The molecule has 0 saturated carbocycles. The van der Waals surface area contributed by atoms with Gasteiger partial charge in [-0.2, -0.15) is 0 Å². The van der Waals surface area contributed by atoms with E-state index in [1.165, 1.54) is 0 Å². The molecule has 1 aliphatic rings. The second-order valence-electron chi connectivity index (χ2n) is 5.29. The van der Waals surface area contributed by atoms with Crippen LogP contribution in [0.1, 0.15) is 23.2 Å². The van der Waals surface area contributed by atoms with Crippen molar-refractivity contribution in [2.75, 3.05) is 32.9 Å². The first-order valence-corrected chi connectivity index (χ1v) is 6.87. The number of nitrogen functional groups attached to an aromatic ring is 1. The van der Waals surface area contributed by atoms with Gasteiger partial charge in [0, 0.05) is 29.8 Å². The van der Waals surface area contributed by atoms with Crippen LogP contribution in [0.4, 0.5) is 5.69 Å². The first kappa shape index (κ1) is 14.2. The van der Waals surface area contributed by atoms with Crippen molar-refractivity contribution < 1.29 is 4.79 Å².